The molecule has 1 aromatic rings. The van der Waals surface area contributed by atoms with E-state index in [1.54, 1.807) is 25.3 Å². The highest BCUT2D eigenvalue weighted by molar-refractivity contribution is 6.32. The second-order valence-electron chi connectivity index (χ2n) is 2.43. The predicted molar refractivity (Wildman–Crippen MR) is 59.8 cm³/mol. The van der Waals surface area contributed by atoms with Crippen LogP contribution in [0, 0.1) is 0 Å². The molecule has 80 valence electrons. The van der Waals surface area contributed by atoms with Crippen LogP contribution >= 0.6 is 24.0 Å². The highest BCUT2D eigenvalue weighted by Gasteiger charge is 2.01. The molecule has 14 heavy (non-hydrogen) atoms. The standard InChI is InChI=1S/C9H12ClNO2.ClH/c1-12-9-3-2-7(6-8(9)10)13-5-4-11;/h2-3,6H,4-5,11H2,1H3;1H. The van der Waals surface area contributed by atoms with Gasteiger partial charge in [-0.05, 0) is 12.1 Å². The van der Waals surface area contributed by atoms with Crippen molar-refractivity contribution in [3.8, 4) is 11.5 Å². The van der Waals surface area contributed by atoms with E-state index in [4.69, 9.17) is 26.8 Å². The Labute approximate surface area is 94.5 Å². The first-order valence-corrected chi connectivity index (χ1v) is 4.32. The van der Waals surface area contributed by atoms with E-state index in [-0.39, 0.29) is 12.4 Å². The van der Waals surface area contributed by atoms with Gasteiger partial charge in [-0.15, -0.1) is 12.4 Å². The van der Waals surface area contributed by atoms with Gasteiger partial charge in [-0.1, -0.05) is 11.6 Å². The Bertz CT molecular complexity index is 282. The van der Waals surface area contributed by atoms with Crippen molar-refractivity contribution in [2.45, 2.75) is 0 Å². The topological polar surface area (TPSA) is 44.5 Å². The number of rotatable bonds is 4. The van der Waals surface area contributed by atoms with Gasteiger partial charge in [0, 0.05) is 12.6 Å². The minimum absolute atomic E-state index is 0. The number of nitrogens with two attached hydrogens (primary N) is 1. The van der Waals surface area contributed by atoms with Gasteiger partial charge in [0.1, 0.15) is 18.1 Å². The molecule has 0 unspecified atom stereocenters. The van der Waals surface area contributed by atoms with Gasteiger partial charge in [0.25, 0.3) is 0 Å². The molecule has 2 N–H and O–H groups in total. The first kappa shape index (κ1) is 13.4. The molecule has 0 saturated carbocycles. The molecule has 0 aromatic heterocycles. The Hall–Kier alpha value is -0.640. The fraction of sp³-hybridized carbons (Fsp3) is 0.333. The first-order valence-electron chi connectivity index (χ1n) is 3.94. The van der Waals surface area contributed by atoms with Gasteiger partial charge in [0.15, 0.2) is 0 Å². The van der Waals surface area contributed by atoms with Crippen molar-refractivity contribution in [1.82, 2.24) is 0 Å². The lowest BCUT2D eigenvalue weighted by Gasteiger charge is -2.07. The summed E-state index contributed by atoms with van der Waals surface area (Å²) in [6, 6.07) is 5.25. The van der Waals surface area contributed by atoms with Crippen LogP contribution in [0.5, 0.6) is 11.5 Å². The average Bonchev–Trinajstić information content (AvgIpc) is 2.15. The van der Waals surface area contributed by atoms with Crippen LogP contribution in [0.1, 0.15) is 0 Å². The molecule has 0 fully saturated rings. The summed E-state index contributed by atoms with van der Waals surface area (Å²) in [6.07, 6.45) is 0. The minimum Gasteiger partial charge on any atom is -0.495 e. The Morgan fingerprint density at radius 1 is 1.43 bits per heavy atom. The van der Waals surface area contributed by atoms with E-state index >= 15 is 0 Å². The van der Waals surface area contributed by atoms with Gasteiger partial charge in [0.05, 0.1) is 12.1 Å². The molecule has 5 heteroatoms. The summed E-state index contributed by atoms with van der Waals surface area (Å²) < 4.78 is 10.3. The second-order valence-corrected chi connectivity index (χ2v) is 2.84. The highest BCUT2D eigenvalue weighted by atomic mass is 35.5. The van der Waals surface area contributed by atoms with E-state index in [9.17, 15) is 0 Å². The molecule has 0 radical (unpaired) electrons. The van der Waals surface area contributed by atoms with Crippen LogP contribution in [-0.4, -0.2) is 20.3 Å². The number of halogens is 2. The molecule has 0 atom stereocenters. The predicted octanol–water partition coefficient (Wildman–Crippen LogP) is 2.11. The summed E-state index contributed by atoms with van der Waals surface area (Å²) in [6.45, 7) is 0.978. The SMILES string of the molecule is COc1ccc(OCCN)cc1Cl.Cl. The lowest BCUT2D eigenvalue weighted by molar-refractivity contribution is 0.327. The summed E-state index contributed by atoms with van der Waals surface area (Å²) >= 11 is 5.87. The van der Waals surface area contributed by atoms with Gasteiger partial charge in [-0.3, -0.25) is 0 Å². The van der Waals surface area contributed by atoms with Crippen molar-refractivity contribution < 1.29 is 9.47 Å². The van der Waals surface area contributed by atoms with Crippen LogP contribution in [0.15, 0.2) is 18.2 Å². The second kappa shape index (κ2) is 6.76. The molecule has 3 nitrogen and oxygen atoms in total. The zero-order valence-electron chi connectivity index (χ0n) is 7.83. The normalized spacial score (nSPS) is 9.07. The Balaban J connectivity index is 0.00000169. The summed E-state index contributed by atoms with van der Waals surface area (Å²) in [5, 5.41) is 0.539. The van der Waals surface area contributed by atoms with Gasteiger partial charge >= 0.3 is 0 Å². The van der Waals surface area contributed by atoms with Crippen LogP contribution in [0.4, 0.5) is 0 Å². The largest absolute Gasteiger partial charge is 0.495 e. The summed E-state index contributed by atoms with van der Waals surface area (Å²) in [5.41, 5.74) is 5.29. The van der Waals surface area contributed by atoms with Crippen molar-refractivity contribution in [1.29, 1.82) is 0 Å². The zero-order chi connectivity index (χ0) is 9.68. The van der Waals surface area contributed by atoms with Gasteiger partial charge < -0.3 is 15.2 Å². The van der Waals surface area contributed by atoms with Crippen LogP contribution in [0.2, 0.25) is 5.02 Å². The Morgan fingerprint density at radius 2 is 2.14 bits per heavy atom. The zero-order valence-corrected chi connectivity index (χ0v) is 9.40. The van der Waals surface area contributed by atoms with E-state index in [1.807, 2.05) is 0 Å². The third-order valence-corrected chi connectivity index (χ3v) is 1.81. The maximum Gasteiger partial charge on any atom is 0.137 e. The van der Waals surface area contributed by atoms with Crippen LogP contribution in [0.25, 0.3) is 0 Å². The third kappa shape index (κ3) is 3.62. The van der Waals surface area contributed by atoms with Crippen molar-refractivity contribution in [3.63, 3.8) is 0 Å². The summed E-state index contributed by atoms with van der Waals surface area (Å²) in [4.78, 5) is 0. The van der Waals surface area contributed by atoms with Gasteiger partial charge in [-0.25, -0.2) is 0 Å². The van der Waals surface area contributed by atoms with Crippen molar-refractivity contribution in [2.24, 2.45) is 5.73 Å². The number of ether oxygens (including phenoxy) is 2. The maximum atomic E-state index is 5.87. The van der Waals surface area contributed by atoms with Crippen molar-refractivity contribution in [2.75, 3.05) is 20.3 Å². The molecule has 0 amide bonds. The van der Waals surface area contributed by atoms with E-state index in [2.05, 4.69) is 0 Å². The van der Waals surface area contributed by atoms with Crippen LogP contribution in [-0.2, 0) is 0 Å². The molecular formula is C9H13Cl2NO2. The van der Waals surface area contributed by atoms with E-state index in [0.29, 0.717) is 29.7 Å². The molecule has 0 bridgehead atoms. The number of hydrogen-bond acceptors (Lipinski definition) is 3. The van der Waals surface area contributed by atoms with E-state index in [1.165, 1.54) is 0 Å². The number of hydrogen-bond donors (Lipinski definition) is 1. The molecule has 1 rings (SSSR count). The minimum atomic E-state index is 0. The molecule has 0 aliphatic carbocycles. The first-order chi connectivity index (χ1) is 6.27. The molecule has 0 aliphatic heterocycles. The van der Waals surface area contributed by atoms with Gasteiger partial charge in [-0.2, -0.15) is 0 Å². The van der Waals surface area contributed by atoms with E-state index < -0.39 is 0 Å². The third-order valence-electron chi connectivity index (χ3n) is 1.51. The highest BCUT2D eigenvalue weighted by Crippen LogP contribution is 2.28. The molecule has 0 heterocycles. The lowest BCUT2D eigenvalue weighted by atomic mass is 10.3. The quantitative estimate of drug-likeness (QED) is 0.873. The monoisotopic (exact) mass is 237 g/mol. The van der Waals surface area contributed by atoms with Gasteiger partial charge in [0.2, 0.25) is 0 Å². The van der Waals surface area contributed by atoms with Crippen molar-refractivity contribution in [3.05, 3.63) is 23.2 Å². The number of benzene rings is 1. The average molecular weight is 238 g/mol. The molecule has 0 aliphatic rings. The van der Waals surface area contributed by atoms with Crippen molar-refractivity contribution >= 4 is 24.0 Å². The molecule has 0 saturated heterocycles. The van der Waals surface area contributed by atoms with Crippen LogP contribution < -0.4 is 15.2 Å². The Morgan fingerprint density at radius 3 is 2.64 bits per heavy atom. The molecule has 1 aromatic carbocycles. The molecular weight excluding hydrogens is 225 g/mol. The fourth-order valence-electron chi connectivity index (χ4n) is 0.914. The maximum absolute atomic E-state index is 5.87. The van der Waals surface area contributed by atoms with E-state index in [0.717, 1.165) is 0 Å². The summed E-state index contributed by atoms with van der Waals surface area (Å²) in [7, 11) is 1.57. The lowest BCUT2D eigenvalue weighted by Crippen LogP contribution is -2.10. The van der Waals surface area contributed by atoms with Crippen LogP contribution in [0.3, 0.4) is 0 Å². The fourth-order valence-corrected chi connectivity index (χ4v) is 1.16. The number of methoxy groups -OCH3 is 1. The smallest absolute Gasteiger partial charge is 0.137 e. The summed E-state index contributed by atoms with van der Waals surface area (Å²) in [5.74, 6) is 1.35. The Kier molecular flexibility index (Phi) is 6.45. The molecule has 0 spiro atoms.